The van der Waals surface area contributed by atoms with E-state index in [1.165, 1.54) is 0 Å². The molecule has 0 aliphatic heterocycles. The van der Waals surface area contributed by atoms with E-state index < -0.39 is 0 Å². The average Bonchev–Trinajstić information content (AvgIpc) is 2.93. The van der Waals surface area contributed by atoms with Crippen LogP contribution < -0.4 is 5.56 Å². The number of rotatable bonds is 5. The van der Waals surface area contributed by atoms with Crippen LogP contribution >= 0.6 is 22.9 Å². The highest BCUT2D eigenvalue weighted by Gasteiger charge is 2.14. The number of aromatic nitrogens is 2. The third kappa shape index (κ3) is 2.58. The molecule has 0 radical (unpaired) electrons. The molecule has 5 heteroatoms. The number of benzene rings is 1. The van der Waals surface area contributed by atoms with Gasteiger partial charge in [-0.25, -0.2) is 4.98 Å². The first-order valence-electron chi connectivity index (χ1n) is 7.23. The lowest BCUT2D eigenvalue weighted by Gasteiger charge is -2.07. The predicted octanol–water partition coefficient (Wildman–Crippen LogP) is 4.19. The second-order valence-corrected chi connectivity index (χ2v) is 6.50. The molecule has 0 fully saturated rings. The molecule has 3 nitrogen and oxygen atoms in total. The van der Waals surface area contributed by atoms with Crippen LogP contribution in [0.1, 0.15) is 24.8 Å². The summed E-state index contributed by atoms with van der Waals surface area (Å²) < 4.78 is 1.78. The van der Waals surface area contributed by atoms with Gasteiger partial charge in [0.25, 0.3) is 5.56 Å². The monoisotopic (exact) mass is 320 g/mol. The van der Waals surface area contributed by atoms with Gasteiger partial charge in [-0.15, -0.1) is 22.9 Å². The Bertz CT molecular complexity index is 837. The molecule has 110 valence electrons. The van der Waals surface area contributed by atoms with E-state index in [1.807, 2.05) is 24.3 Å². The summed E-state index contributed by atoms with van der Waals surface area (Å²) in [5.41, 5.74) is 0.968. The maximum absolute atomic E-state index is 12.6. The van der Waals surface area contributed by atoms with Gasteiger partial charge in [0, 0.05) is 23.2 Å². The summed E-state index contributed by atoms with van der Waals surface area (Å²) in [5, 5.41) is 2.77. The number of nitrogens with zero attached hydrogens (tertiary/aromatic N) is 2. The van der Waals surface area contributed by atoms with Crippen molar-refractivity contribution >= 4 is 44.1 Å². The van der Waals surface area contributed by atoms with Crippen molar-refractivity contribution in [2.45, 2.75) is 32.7 Å². The zero-order valence-electron chi connectivity index (χ0n) is 11.9. The van der Waals surface area contributed by atoms with Crippen LogP contribution in [0.5, 0.6) is 0 Å². The van der Waals surface area contributed by atoms with E-state index in [1.54, 1.807) is 15.9 Å². The summed E-state index contributed by atoms with van der Waals surface area (Å²) in [7, 11) is 0. The smallest absolute Gasteiger partial charge is 0.259 e. The molecule has 0 aliphatic rings. The fourth-order valence-corrected chi connectivity index (χ4v) is 3.86. The van der Waals surface area contributed by atoms with Crippen molar-refractivity contribution < 1.29 is 0 Å². The zero-order chi connectivity index (χ0) is 14.8. The van der Waals surface area contributed by atoms with E-state index in [-0.39, 0.29) is 5.56 Å². The molecule has 0 spiro atoms. The lowest BCUT2D eigenvalue weighted by atomic mass is 10.1. The van der Waals surface area contributed by atoms with Gasteiger partial charge in [-0.1, -0.05) is 31.5 Å². The number of fused-ring (bicyclic) bond motifs is 3. The molecule has 0 saturated heterocycles. The molecular weight excluding hydrogens is 304 g/mol. The van der Waals surface area contributed by atoms with Gasteiger partial charge < -0.3 is 0 Å². The van der Waals surface area contributed by atoms with Gasteiger partial charge >= 0.3 is 0 Å². The molecule has 0 bridgehead atoms. The van der Waals surface area contributed by atoms with E-state index in [2.05, 4.69) is 6.92 Å². The Morgan fingerprint density at radius 3 is 2.76 bits per heavy atom. The highest BCUT2D eigenvalue weighted by molar-refractivity contribution is 7.18. The van der Waals surface area contributed by atoms with Crippen molar-refractivity contribution in [2.24, 2.45) is 0 Å². The Morgan fingerprint density at radius 2 is 2.05 bits per heavy atom. The van der Waals surface area contributed by atoms with Gasteiger partial charge in [0.15, 0.2) is 0 Å². The summed E-state index contributed by atoms with van der Waals surface area (Å²) in [6.07, 6.45) is 3.24. The normalized spacial score (nSPS) is 11.5. The number of aryl methyl sites for hydroxylation is 2. The molecule has 3 aromatic rings. The molecule has 0 amide bonds. The van der Waals surface area contributed by atoms with Crippen LogP contribution in [0.2, 0.25) is 0 Å². The molecule has 0 saturated carbocycles. The topological polar surface area (TPSA) is 34.9 Å². The maximum Gasteiger partial charge on any atom is 0.259 e. The quantitative estimate of drug-likeness (QED) is 0.661. The Kier molecular flexibility index (Phi) is 4.27. The third-order valence-electron chi connectivity index (χ3n) is 3.61. The van der Waals surface area contributed by atoms with Crippen molar-refractivity contribution in [1.29, 1.82) is 0 Å². The minimum absolute atomic E-state index is 0.0319. The number of hydrogen-bond donors (Lipinski definition) is 0. The van der Waals surface area contributed by atoms with Crippen molar-refractivity contribution in [3.63, 3.8) is 0 Å². The molecule has 0 atom stereocenters. The molecule has 0 N–H and O–H groups in total. The van der Waals surface area contributed by atoms with Crippen LogP contribution in [-0.2, 0) is 13.0 Å². The molecule has 0 unspecified atom stereocenters. The Hall–Kier alpha value is -1.39. The molecule has 0 aliphatic carbocycles. The van der Waals surface area contributed by atoms with Crippen molar-refractivity contribution in [3.05, 3.63) is 39.6 Å². The lowest BCUT2D eigenvalue weighted by molar-refractivity contribution is 0.777. The van der Waals surface area contributed by atoms with Gasteiger partial charge in [-0.3, -0.25) is 9.36 Å². The van der Waals surface area contributed by atoms with Crippen molar-refractivity contribution in [3.8, 4) is 0 Å². The molecule has 2 heterocycles. The first-order chi connectivity index (χ1) is 10.3. The minimum atomic E-state index is 0.0319. The standard InChI is InChI=1S/C16H17ClN2OS/c1-2-3-8-13-18-14-11-6-4-5-7-12(11)15(20)19(10-9-17)16(14)21-13/h4-7H,2-3,8-10H2,1H3. The second kappa shape index (κ2) is 6.16. The van der Waals surface area contributed by atoms with E-state index >= 15 is 0 Å². The largest absolute Gasteiger partial charge is 0.297 e. The van der Waals surface area contributed by atoms with Crippen LogP contribution in [0.25, 0.3) is 21.1 Å². The van der Waals surface area contributed by atoms with Crippen molar-refractivity contribution in [1.82, 2.24) is 9.55 Å². The Labute approximate surface area is 132 Å². The van der Waals surface area contributed by atoms with Crippen LogP contribution in [0.15, 0.2) is 29.1 Å². The zero-order valence-corrected chi connectivity index (χ0v) is 13.5. The first-order valence-corrected chi connectivity index (χ1v) is 8.58. The molecule has 3 rings (SSSR count). The fourth-order valence-electron chi connectivity index (χ4n) is 2.55. The Morgan fingerprint density at radius 1 is 1.29 bits per heavy atom. The third-order valence-corrected chi connectivity index (χ3v) is 4.92. The molecule has 21 heavy (non-hydrogen) atoms. The van der Waals surface area contributed by atoms with E-state index in [4.69, 9.17) is 16.6 Å². The number of unbranched alkanes of at least 4 members (excludes halogenated alkanes) is 1. The fraction of sp³-hybridized carbons (Fsp3) is 0.375. The molecule has 2 aromatic heterocycles. The van der Waals surface area contributed by atoms with Crippen LogP contribution in [-0.4, -0.2) is 15.4 Å². The number of pyridine rings is 1. The van der Waals surface area contributed by atoms with E-state index in [0.717, 1.165) is 45.4 Å². The molecular formula is C16H17ClN2OS. The number of thiazole rings is 1. The molecule has 1 aromatic carbocycles. The van der Waals surface area contributed by atoms with Crippen LogP contribution in [0.4, 0.5) is 0 Å². The highest BCUT2D eigenvalue weighted by Crippen LogP contribution is 2.28. The van der Waals surface area contributed by atoms with E-state index in [0.29, 0.717) is 12.4 Å². The SMILES string of the molecule is CCCCc1nc2c3ccccc3c(=O)n(CCCl)c2s1. The van der Waals surface area contributed by atoms with Gasteiger partial charge in [-0.2, -0.15) is 0 Å². The number of halogens is 1. The number of hydrogen-bond acceptors (Lipinski definition) is 3. The van der Waals surface area contributed by atoms with Gasteiger partial charge in [0.1, 0.15) is 10.3 Å². The maximum atomic E-state index is 12.6. The summed E-state index contributed by atoms with van der Waals surface area (Å²) in [6, 6.07) is 7.70. The predicted molar refractivity (Wildman–Crippen MR) is 90.7 cm³/mol. The number of alkyl halides is 1. The van der Waals surface area contributed by atoms with Crippen molar-refractivity contribution in [2.75, 3.05) is 5.88 Å². The second-order valence-electron chi connectivity index (χ2n) is 5.06. The highest BCUT2D eigenvalue weighted by atomic mass is 35.5. The van der Waals surface area contributed by atoms with Crippen LogP contribution in [0, 0.1) is 0 Å². The summed E-state index contributed by atoms with van der Waals surface area (Å²) >= 11 is 7.50. The van der Waals surface area contributed by atoms with Gasteiger partial charge in [0.2, 0.25) is 0 Å². The minimum Gasteiger partial charge on any atom is -0.297 e. The summed E-state index contributed by atoms with van der Waals surface area (Å²) in [4.78, 5) is 18.4. The average molecular weight is 321 g/mol. The van der Waals surface area contributed by atoms with E-state index in [9.17, 15) is 4.79 Å². The lowest BCUT2D eigenvalue weighted by Crippen LogP contribution is -2.20. The van der Waals surface area contributed by atoms with Gasteiger partial charge in [0.05, 0.1) is 5.01 Å². The first kappa shape index (κ1) is 14.5. The Balaban J connectivity index is 2.32. The van der Waals surface area contributed by atoms with Crippen LogP contribution in [0.3, 0.4) is 0 Å². The van der Waals surface area contributed by atoms with Gasteiger partial charge in [-0.05, 0) is 18.9 Å². The summed E-state index contributed by atoms with van der Waals surface area (Å²) in [6.45, 7) is 2.70. The summed E-state index contributed by atoms with van der Waals surface area (Å²) in [5.74, 6) is 0.426.